The summed E-state index contributed by atoms with van der Waals surface area (Å²) in [5.74, 6) is -10.2. The number of nitrogens with two attached hydrogens (primary N) is 3. The van der Waals surface area contributed by atoms with E-state index in [4.69, 9.17) is 32.5 Å². The van der Waals surface area contributed by atoms with Gasteiger partial charge in [0.1, 0.15) is 18.1 Å². The Bertz CT molecular complexity index is 846. The highest BCUT2D eigenvalue weighted by atomic mass is 16.4. The summed E-state index contributed by atoms with van der Waals surface area (Å²) in [5, 5.41) is 32.9. The molecule has 0 saturated heterocycles. The van der Waals surface area contributed by atoms with Gasteiger partial charge in [-0.3, -0.25) is 33.6 Å². The molecule has 0 aromatic rings. The van der Waals surface area contributed by atoms with Crippen molar-refractivity contribution in [3.8, 4) is 0 Å². The Labute approximate surface area is 191 Å². The molecule has 34 heavy (non-hydrogen) atoms. The van der Waals surface area contributed by atoms with Crippen LogP contribution >= 0.6 is 0 Å². The summed E-state index contributed by atoms with van der Waals surface area (Å²) >= 11 is 0. The van der Waals surface area contributed by atoms with Crippen molar-refractivity contribution in [2.75, 3.05) is 0 Å². The van der Waals surface area contributed by atoms with Crippen LogP contribution in [0.15, 0.2) is 0 Å². The lowest BCUT2D eigenvalue weighted by atomic mass is 10.1. The summed E-state index contributed by atoms with van der Waals surface area (Å²) in [4.78, 5) is 92.2. The van der Waals surface area contributed by atoms with E-state index in [9.17, 15) is 38.4 Å². The van der Waals surface area contributed by atoms with Gasteiger partial charge in [0.2, 0.25) is 29.5 Å². The molecule has 12 N–H and O–H groups in total. The Balaban J connectivity index is 5.63. The predicted octanol–water partition coefficient (Wildman–Crippen LogP) is -5.06. The monoisotopic (exact) mass is 490 g/mol. The normalized spacial score (nSPS) is 13.9. The molecule has 0 aliphatic carbocycles. The quantitative estimate of drug-likeness (QED) is 0.0981. The topological polar surface area (TPSA) is 311 Å². The van der Waals surface area contributed by atoms with Crippen LogP contribution in [0, 0.1) is 0 Å². The molecule has 17 heteroatoms. The molecule has 0 aliphatic rings. The molecule has 0 fully saturated rings. The van der Waals surface area contributed by atoms with E-state index < -0.39 is 104 Å². The molecule has 0 heterocycles. The SMILES string of the molecule is NC(=O)CC(N)C(=O)NC(CC(=O)O)C(=O)NC(CCC(=O)O)C(=O)NC(CC(N)=O)C(=O)O. The fourth-order valence-electron chi connectivity index (χ4n) is 2.45. The average molecular weight is 490 g/mol. The summed E-state index contributed by atoms with van der Waals surface area (Å²) in [7, 11) is 0. The third kappa shape index (κ3) is 11.9. The lowest BCUT2D eigenvalue weighted by Gasteiger charge is -2.24. The van der Waals surface area contributed by atoms with Gasteiger partial charge in [0.25, 0.3) is 0 Å². The Hall–Kier alpha value is -4.28. The number of nitrogens with one attached hydrogen (secondary N) is 3. The first-order valence-corrected chi connectivity index (χ1v) is 9.53. The Kier molecular flexibility index (Phi) is 12.2. The van der Waals surface area contributed by atoms with Crippen LogP contribution in [-0.4, -0.2) is 86.9 Å². The third-order valence-electron chi connectivity index (χ3n) is 4.07. The van der Waals surface area contributed by atoms with Crippen LogP contribution < -0.4 is 33.2 Å². The molecule has 0 radical (unpaired) electrons. The number of carboxylic acids is 3. The van der Waals surface area contributed by atoms with Gasteiger partial charge in [-0.15, -0.1) is 0 Å². The van der Waals surface area contributed by atoms with Crippen LogP contribution in [0.1, 0.15) is 32.1 Å². The van der Waals surface area contributed by atoms with Gasteiger partial charge >= 0.3 is 17.9 Å². The number of primary amides is 2. The van der Waals surface area contributed by atoms with Crippen molar-refractivity contribution in [1.82, 2.24) is 16.0 Å². The number of hydrogen-bond donors (Lipinski definition) is 9. The molecule has 190 valence electrons. The Morgan fingerprint density at radius 2 is 1.09 bits per heavy atom. The fraction of sp³-hybridized carbons (Fsp3) is 0.529. The number of rotatable bonds is 16. The number of carbonyl (C=O) groups excluding carboxylic acids is 5. The number of amides is 5. The summed E-state index contributed by atoms with van der Waals surface area (Å²) < 4.78 is 0. The number of carbonyl (C=O) groups is 8. The van der Waals surface area contributed by atoms with Crippen LogP contribution in [0.3, 0.4) is 0 Å². The second kappa shape index (κ2) is 14.0. The van der Waals surface area contributed by atoms with E-state index in [1.807, 2.05) is 16.0 Å². The Morgan fingerprint density at radius 3 is 1.53 bits per heavy atom. The van der Waals surface area contributed by atoms with Gasteiger partial charge in [-0.05, 0) is 6.42 Å². The molecule has 0 rings (SSSR count). The highest BCUT2D eigenvalue weighted by Gasteiger charge is 2.32. The van der Waals surface area contributed by atoms with E-state index in [-0.39, 0.29) is 0 Å². The van der Waals surface area contributed by atoms with Gasteiger partial charge in [0, 0.05) is 6.42 Å². The molecule has 0 aromatic heterocycles. The number of carboxylic acid groups (broad SMARTS) is 3. The molecule has 0 saturated carbocycles. The first-order valence-electron chi connectivity index (χ1n) is 9.53. The van der Waals surface area contributed by atoms with Crippen molar-refractivity contribution >= 4 is 47.4 Å². The maximum Gasteiger partial charge on any atom is 0.326 e. The van der Waals surface area contributed by atoms with Gasteiger partial charge in [-0.2, -0.15) is 0 Å². The van der Waals surface area contributed by atoms with Gasteiger partial charge in [0.05, 0.1) is 25.3 Å². The van der Waals surface area contributed by atoms with Crippen LogP contribution in [0.2, 0.25) is 0 Å². The first kappa shape index (κ1) is 29.7. The highest BCUT2D eigenvalue weighted by Crippen LogP contribution is 2.04. The lowest BCUT2D eigenvalue weighted by molar-refractivity contribution is -0.144. The maximum absolute atomic E-state index is 12.6. The molecule has 5 amide bonds. The average Bonchev–Trinajstić information content (AvgIpc) is 2.68. The zero-order valence-corrected chi connectivity index (χ0v) is 17.7. The Morgan fingerprint density at radius 1 is 0.618 bits per heavy atom. The van der Waals surface area contributed by atoms with Crippen molar-refractivity contribution in [2.24, 2.45) is 17.2 Å². The minimum Gasteiger partial charge on any atom is -0.481 e. The van der Waals surface area contributed by atoms with Crippen molar-refractivity contribution in [3.05, 3.63) is 0 Å². The second-order valence-corrected chi connectivity index (χ2v) is 7.00. The van der Waals surface area contributed by atoms with E-state index in [2.05, 4.69) is 0 Å². The molecular formula is C17H26N6O11. The van der Waals surface area contributed by atoms with Crippen LogP contribution in [0.4, 0.5) is 0 Å². The molecule has 17 nitrogen and oxygen atoms in total. The summed E-state index contributed by atoms with van der Waals surface area (Å²) in [6.45, 7) is 0. The molecular weight excluding hydrogens is 464 g/mol. The smallest absolute Gasteiger partial charge is 0.326 e. The lowest BCUT2D eigenvalue weighted by Crippen LogP contribution is -2.58. The minimum absolute atomic E-state index is 0.565. The van der Waals surface area contributed by atoms with Crippen molar-refractivity contribution in [2.45, 2.75) is 56.3 Å². The highest BCUT2D eigenvalue weighted by molar-refractivity contribution is 5.97. The zero-order valence-electron chi connectivity index (χ0n) is 17.7. The van der Waals surface area contributed by atoms with Gasteiger partial charge in [0.15, 0.2) is 0 Å². The molecule has 4 unspecified atom stereocenters. The molecule has 0 aromatic carbocycles. The summed E-state index contributed by atoms with van der Waals surface area (Å²) in [5.41, 5.74) is 15.3. The number of aliphatic carboxylic acids is 3. The maximum atomic E-state index is 12.6. The van der Waals surface area contributed by atoms with Gasteiger partial charge in [-0.1, -0.05) is 0 Å². The van der Waals surface area contributed by atoms with Crippen molar-refractivity contribution in [1.29, 1.82) is 0 Å². The fourth-order valence-corrected chi connectivity index (χ4v) is 2.45. The van der Waals surface area contributed by atoms with E-state index in [0.29, 0.717) is 0 Å². The van der Waals surface area contributed by atoms with Gasteiger partial charge in [-0.25, -0.2) is 4.79 Å². The largest absolute Gasteiger partial charge is 0.481 e. The first-order chi connectivity index (χ1) is 15.6. The standard InChI is InChI=1S/C17H26N6O11/c18-6(3-10(19)24)14(30)22-8(5-13(28)29)16(32)21-7(1-2-12(26)27)15(31)23-9(17(33)34)4-11(20)25/h6-9H,1-5,18H2,(H2,19,24)(H2,20,25)(H,21,32)(H,22,30)(H,23,31)(H,26,27)(H,28,29)(H,33,34). The second-order valence-electron chi connectivity index (χ2n) is 7.00. The van der Waals surface area contributed by atoms with Crippen molar-refractivity contribution < 1.29 is 53.7 Å². The number of hydrogen-bond acceptors (Lipinski definition) is 9. The van der Waals surface area contributed by atoms with Crippen molar-refractivity contribution in [3.63, 3.8) is 0 Å². The minimum atomic E-state index is -1.81. The molecule has 0 aliphatic heterocycles. The third-order valence-corrected chi connectivity index (χ3v) is 4.07. The summed E-state index contributed by atoms with van der Waals surface area (Å²) in [6, 6.07) is -6.83. The van der Waals surface area contributed by atoms with Gasteiger partial charge < -0.3 is 48.5 Å². The van der Waals surface area contributed by atoms with E-state index in [1.54, 1.807) is 0 Å². The van der Waals surface area contributed by atoms with E-state index >= 15 is 0 Å². The summed E-state index contributed by atoms with van der Waals surface area (Å²) in [6.07, 6.45) is -3.66. The van der Waals surface area contributed by atoms with E-state index in [0.717, 1.165) is 0 Å². The van der Waals surface area contributed by atoms with Crippen LogP contribution in [-0.2, 0) is 38.4 Å². The van der Waals surface area contributed by atoms with E-state index in [1.165, 1.54) is 0 Å². The molecule has 0 spiro atoms. The van der Waals surface area contributed by atoms with Crippen LogP contribution in [0.25, 0.3) is 0 Å². The molecule has 0 bridgehead atoms. The predicted molar refractivity (Wildman–Crippen MR) is 108 cm³/mol. The molecule has 4 atom stereocenters. The zero-order chi connectivity index (χ0) is 26.6. The van der Waals surface area contributed by atoms with Crippen LogP contribution in [0.5, 0.6) is 0 Å².